The van der Waals surface area contributed by atoms with E-state index in [4.69, 9.17) is 0 Å². The van der Waals surface area contributed by atoms with Crippen LogP contribution in [0.3, 0.4) is 0 Å². The Bertz CT molecular complexity index is 528. The molecule has 1 saturated carbocycles. The van der Waals surface area contributed by atoms with Gasteiger partial charge in [-0.15, -0.1) is 0 Å². The van der Waals surface area contributed by atoms with Crippen LogP contribution in [0.15, 0.2) is 24.5 Å². The molecule has 2 atom stereocenters. The first-order valence-corrected chi connectivity index (χ1v) is 8.71. The highest BCUT2D eigenvalue weighted by Crippen LogP contribution is 2.34. The first kappa shape index (κ1) is 14.2. The van der Waals surface area contributed by atoms with Crippen LogP contribution in [0.1, 0.15) is 37.7 Å². The third-order valence-corrected chi connectivity index (χ3v) is 5.70. The van der Waals surface area contributed by atoms with Crippen LogP contribution in [0.25, 0.3) is 0 Å². The quantitative estimate of drug-likeness (QED) is 0.856. The Morgan fingerprint density at radius 3 is 2.64 bits per heavy atom. The Labute approximate surface area is 132 Å². The number of pyridine rings is 1. The maximum Gasteiger partial charge on any atom is 0.227 e. The zero-order chi connectivity index (χ0) is 14.9. The van der Waals surface area contributed by atoms with Gasteiger partial charge in [0.2, 0.25) is 5.91 Å². The number of hydrogen-bond acceptors (Lipinski definition) is 3. The van der Waals surface area contributed by atoms with Crippen LogP contribution in [-0.4, -0.2) is 46.4 Å². The molecule has 4 fully saturated rings. The molecule has 0 N–H and O–H groups in total. The van der Waals surface area contributed by atoms with Crippen LogP contribution >= 0.6 is 0 Å². The van der Waals surface area contributed by atoms with Gasteiger partial charge in [-0.05, 0) is 49.3 Å². The summed E-state index contributed by atoms with van der Waals surface area (Å²) >= 11 is 0. The summed E-state index contributed by atoms with van der Waals surface area (Å²) in [6, 6.07) is 4.61. The second-order valence-corrected chi connectivity index (χ2v) is 7.27. The molecule has 4 heterocycles. The number of amides is 1. The van der Waals surface area contributed by atoms with E-state index < -0.39 is 0 Å². The molecule has 3 saturated heterocycles. The molecule has 3 aliphatic heterocycles. The monoisotopic (exact) mass is 299 g/mol. The van der Waals surface area contributed by atoms with Gasteiger partial charge in [0.1, 0.15) is 0 Å². The standard InChI is InChI=1S/C18H25N3O/c22-18-16-4-5-17(21(18)11-14-2-1-3-14)13-20(12-16)10-15-6-8-19-9-7-15/h6-9,14,16-17H,1-5,10-13H2/t16-,17+/m1/s1. The van der Waals surface area contributed by atoms with E-state index in [0.29, 0.717) is 11.9 Å². The molecular weight excluding hydrogens is 274 g/mol. The van der Waals surface area contributed by atoms with Crippen LogP contribution in [-0.2, 0) is 11.3 Å². The maximum atomic E-state index is 12.8. The molecule has 0 aromatic carbocycles. The van der Waals surface area contributed by atoms with Gasteiger partial charge in [0.25, 0.3) is 0 Å². The zero-order valence-corrected chi connectivity index (χ0v) is 13.2. The van der Waals surface area contributed by atoms with Gasteiger partial charge in [-0.25, -0.2) is 0 Å². The Kier molecular flexibility index (Phi) is 3.87. The summed E-state index contributed by atoms with van der Waals surface area (Å²) in [5.41, 5.74) is 1.30. The molecule has 0 spiro atoms. The molecule has 4 aliphatic rings. The normalized spacial score (nSPS) is 29.5. The van der Waals surface area contributed by atoms with Crippen LogP contribution in [0.5, 0.6) is 0 Å². The molecule has 0 radical (unpaired) electrons. The van der Waals surface area contributed by atoms with Crippen molar-refractivity contribution in [1.29, 1.82) is 0 Å². The van der Waals surface area contributed by atoms with Gasteiger partial charge >= 0.3 is 0 Å². The Morgan fingerprint density at radius 2 is 1.91 bits per heavy atom. The molecule has 118 valence electrons. The maximum absolute atomic E-state index is 12.8. The molecule has 2 bridgehead atoms. The fourth-order valence-electron chi connectivity index (χ4n) is 4.20. The van der Waals surface area contributed by atoms with Gasteiger partial charge in [-0.3, -0.25) is 14.7 Å². The lowest BCUT2D eigenvalue weighted by atomic mass is 9.83. The van der Waals surface area contributed by atoms with E-state index in [-0.39, 0.29) is 5.92 Å². The summed E-state index contributed by atoms with van der Waals surface area (Å²) in [5.74, 6) is 1.43. The molecule has 5 rings (SSSR count). The van der Waals surface area contributed by atoms with E-state index in [9.17, 15) is 4.79 Å². The summed E-state index contributed by atoms with van der Waals surface area (Å²) in [7, 11) is 0. The molecule has 22 heavy (non-hydrogen) atoms. The zero-order valence-electron chi connectivity index (χ0n) is 13.2. The largest absolute Gasteiger partial charge is 0.338 e. The van der Waals surface area contributed by atoms with E-state index in [1.54, 1.807) is 0 Å². The first-order chi connectivity index (χ1) is 10.8. The molecule has 0 unspecified atom stereocenters. The fourth-order valence-corrected chi connectivity index (χ4v) is 4.20. The van der Waals surface area contributed by atoms with Crippen molar-refractivity contribution in [3.63, 3.8) is 0 Å². The van der Waals surface area contributed by atoms with E-state index in [1.807, 2.05) is 12.4 Å². The summed E-state index contributed by atoms with van der Waals surface area (Å²) in [5, 5.41) is 0. The van der Waals surface area contributed by atoms with Crippen LogP contribution in [0.2, 0.25) is 0 Å². The highest BCUT2D eigenvalue weighted by molar-refractivity contribution is 5.80. The highest BCUT2D eigenvalue weighted by Gasteiger charge is 2.41. The lowest BCUT2D eigenvalue weighted by Crippen LogP contribution is -2.50. The molecule has 4 heteroatoms. The number of rotatable bonds is 4. The van der Waals surface area contributed by atoms with Crippen molar-refractivity contribution in [2.75, 3.05) is 19.6 Å². The van der Waals surface area contributed by atoms with Crippen molar-refractivity contribution in [3.05, 3.63) is 30.1 Å². The lowest BCUT2D eigenvalue weighted by molar-refractivity contribution is -0.141. The number of nitrogens with zero attached hydrogens (tertiary/aromatic N) is 3. The SMILES string of the molecule is O=C1[C@@H]2CC[C@@H](CN(Cc3ccncc3)C2)N1CC1CCC1. The van der Waals surface area contributed by atoms with Crippen molar-refractivity contribution in [3.8, 4) is 0 Å². The molecule has 1 aliphatic carbocycles. The van der Waals surface area contributed by atoms with Crippen molar-refractivity contribution in [2.24, 2.45) is 11.8 Å². The Morgan fingerprint density at radius 1 is 1.09 bits per heavy atom. The van der Waals surface area contributed by atoms with Gasteiger partial charge in [0.05, 0.1) is 5.92 Å². The number of fused-ring (bicyclic) bond motifs is 4. The number of aromatic nitrogens is 1. The summed E-state index contributed by atoms with van der Waals surface area (Å²) < 4.78 is 0. The second kappa shape index (κ2) is 5.99. The van der Waals surface area contributed by atoms with Crippen molar-refractivity contribution >= 4 is 5.91 Å². The van der Waals surface area contributed by atoms with Gasteiger partial charge in [0.15, 0.2) is 0 Å². The molecular formula is C18H25N3O. The summed E-state index contributed by atoms with van der Waals surface area (Å²) in [6.45, 7) is 3.93. The van der Waals surface area contributed by atoms with Crippen LogP contribution in [0, 0.1) is 11.8 Å². The number of carbonyl (C=O) groups is 1. The minimum absolute atomic E-state index is 0.223. The van der Waals surface area contributed by atoms with Gasteiger partial charge in [-0.2, -0.15) is 0 Å². The summed E-state index contributed by atoms with van der Waals surface area (Å²) in [4.78, 5) is 21.6. The topological polar surface area (TPSA) is 36.4 Å². The highest BCUT2D eigenvalue weighted by atomic mass is 16.2. The van der Waals surface area contributed by atoms with E-state index >= 15 is 0 Å². The van der Waals surface area contributed by atoms with Gasteiger partial charge in [0, 0.05) is 44.6 Å². The van der Waals surface area contributed by atoms with Crippen LogP contribution < -0.4 is 0 Å². The predicted octanol–water partition coefficient (Wildman–Crippen LogP) is 2.30. The minimum atomic E-state index is 0.223. The summed E-state index contributed by atoms with van der Waals surface area (Å²) in [6.07, 6.45) is 9.98. The molecule has 4 nitrogen and oxygen atoms in total. The first-order valence-electron chi connectivity index (χ1n) is 8.71. The molecule has 1 aromatic rings. The number of carbonyl (C=O) groups excluding carboxylic acids is 1. The van der Waals surface area contributed by atoms with Crippen molar-refractivity contribution in [1.82, 2.24) is 14.8 Å². The third kappa shape index (κ3) is 2.76. The number of hydrogen-bond donors (Lipinski definition) is 0. The Hall–Kier alpha value is -1.42. The molecule has 1 aromatic heterocycles. The minimum Gasteiger partial charge on any atom is -0.338 e. The second-order valence-electron chi connectivity index (χ2n) is 7.27. The smallest absolute Gasteiger partial charge is 0.227 e. The molecule has 1 amide bonds. The third-order valence-electron chi connectivity index (χ3n) is 5.70. The van der Waals surface area contributed by atoms with Crippen LogP contribution in [0.4, 0.5) is 0 Å². The van der Waals surface area contributed by atoms with E-state index in [2.05, 4.69) is 26.9 Å². The number of piperidine rings is 1. The average molecular weight is 299 g/mol. The van der Waals surface area contributed by atoms with Crippen molar-refractivity contribution < 1.29 is 4.79 Å². The fraction of sp³-hybridized carbons (Fsp3) is 0.667. The lowest BCUT2D eigenvalue weighted by Gasteiger charge is -2.40. The van der Waals surface area contributed by atoms with E-state index in [1.165, 1.54) is 31.2 Å². The van der Waals surface area contributed by atoms with Crippen molar-refractivity contribution in [2.45, 2.75) is 44.7 Å². The van der Waals surface area contributed by atoms with E-state index in [0.717, 1.165) is 38.5 Å². The predicted molar refractivity (Wildman–Crippen MR) is 85.1 cm³/mol. The average Bonchev–Trinajstić information content (AvgIpc) is 2.75. The van der Waals surface area contributed by atoms with Gasteiger partial charge in [-0.1, -0.05) is 6.42 Å². The van der Waals surface area contributed by atoms with Gasteiger partial charge < -0.3 is 4.90 Å². The Balaban J connectivity index is 1.46.